The maximum absolute atomic E-state index is 12.9. The van der Waals surface area contributed by atoms with Gasteiger partial charge in [0.15, 0.2) is 0 Å². The largest absolute Gasteiger partial charge is 0.379 e. The zero-order valence-corrected chi connectivity index (χ0v) is 19.1. The number of carbonyl (C=O) groups excluding carboxylic acids is 3. The Labute approximate surface area is 198 Å². The van der Waals surface area contributed by atoms with Crippen LogP contribution < -0.4 is 10.6 Å². The number of rotatable bonds is 7. The van der Waals surface area contributed by atoms with Crippen LogP contribution in [0.4, 0.5) is 0 Å². The van der Waals surface area contributed by atoms with E-state index in [1.54, 1.807) is 4.90 Å². The van der Waals surface area contributed by atoms with E-state index in [1.165, 1.54) is 0 Å². The molecular weight excluding hydrogens is 434 g/mol. The molecule has 0 radical (unpaired) electrons. The first kappa shape index (κ1) is 22.6. The molecule has 2 N–H and O–H groups in total. The summed E-state index contributed by atoms with van der Waals surface area (Å²) in [7, 11) is 0. The molecular formula is C25H29N5O4. The lowest BCUT2D eigenvalue weighted by Crippen LogP contribution is -2.52. The molecule has 0 aliphatic carbocycles. The Balaban J connectivity index is 1.22. The number of piperidine rings is 1. The van der Waals surface area contributed by atoms with Gasteiger partial charge in [0.25, 0.3) is 5.91 Å². The number of ether oxygens (including phenoxy) is 1. The number of benzene rings is 1. The predicted molar refractivity (Wildman–Crippen MR) is 125 cm³/mol. The van der Waals surface area contributed by atoms with Gasteiger partial charge in [0, 0.05) is 63.0 Å². The van der Waals surface area contributed by atoms with Crippen LogP contribution in [0.3, 0.4) is 0 Å². The quantitative estimate of drug-likeness (QED) is 0.465. The Kier molecular flexibility index (Phi) is 6.66. The number of nitrogens with one attached hydrogen (secondary N) is 2. The standard InChI is InChI=1S/C25H29N5O4/c31-23-4-3-22(24(32)28-23)30-16-19-14-18(1-2-20(19)25(30)33)21-13-17(5-6-27-21)15-26-7-8-29-9-11-34-12-10-29/h1-2,5-6,13-14,22,26H,3-4,7-12,15-16H2,(H,28,31,32). The van der Waals surface area contributed by atoms with Gasteiger partial charge in [-0.3, -0.25) is 29.6 Å². The van der Waals surface area contributed by atoms with Crippen LogP contribution in [0, 0.1) is 0 Å². The van der Waals surface area contributed by atoms with Crippen LogP contribution in [0.1, 0.15) is 34.3 Å². The van der Waals surface area contributed by atoms with Gasteiger partial charge in [-0.1, -0.05) is 6.07 Å². The van der Waals surface area contributed by atoms with Gasteiger partial charge in [-0.2, -0.15) is 0 Å². The summed E-state index contributed by atoms with van der Waals surface area (Å²) in [6.07, 6.45) is 2.42. The number of morpholine rings is 1. The van der Waals surface area contributed by atoms with E-state index in [1.807, 2.05) is 30.5 Å². The number of carbonyl (C=O) groups is 3. The molecule has 0 spiro atoms. The summed E-state index contributed by atoms with van der Waals surface area (Å²) >= 11 is 0. The molecule has 9 nitrogen and oxygen atoms in total. The number of hydrogen-bond donors (Lipinski definition) is 2. The fourth-order valence-corrected chi connectivity index (χ4v) is 4.77. The summed E-state index contributed by atoms with van der Waals surface area (Å²) < 4.78 is 5.39. The Morgan fingerprint density at radius 1 is 1.12 bits per heavy atom. The lowest BCUT2D eigenvalue weighted by molar-refractivity contribution is -0.136. The van der Waals surface area contributed by atoms with Crippen LogP contribution >= 0.6 is 0 Å². The van der Waals surface area contributed by atoms with Crippen molar-refractivity contribution in [2.45, 2.75) is 32.0 Å². The van der Waals surface area contributed by atoms with Crippen molar-refractivity contribution in [2.75, 3.05) is 39.4 Å². The monoisotopic (exact) mass is 463 g/mol. The number of amides is 3. The number of aromatic nitrogens is 1. The third-order valence-electron chi connectivity index (χ3n) is 6.68. The maximum Gasteiger partial charge on any atom is 0.255 e. The van der Waals surface area contributed by atoms with E-state index in [0.29, 0.717) is 18.5 Å². The van der Waals surface area contributed by atoms with Crippen LogP contribution in [0.2, 0.25) is 0 Å². The molecule has 3 aliphatic heterocycles. The number of fused-ring (bicyclic) bond motifs is 1. The van der Waals surface area contributed by atoms with E-state index in [4.69, 9.17) is 4.74 Å². The molecule has 0 bridgehead atoms. The zero-order chi connectivity index (χ0) is 23.5. The van der Waals surface area contributed by atoms with Gasteiger partial charge < -0.3 is 15.0 Å². The fourth-order valence-electron chi connectivity index (χ4n) is 4.77. The molecule has 2 aromatic rings. The van der Waals surface area contributed by atoms with E-state index >= 15 is 0 Å². The number of imide groups is 1. The van der Waals surface area contributed by atoms with Crippen LogP contribution in [0.5, 0.6) is 0 Å². The molecule has 2 fully saturated rings. The van der Waals surface area contributed by atoms with Crippen LogP contribution in [-0.2, 0) is 27.4 Å². The van der Waals surface area contributed by atoms with Crippen molar-refractivity contribution in [2.24, 2.45) is 0 Å². The Morgan fingerprint density at radius 2 is 1.97 bits per heavy atom. The second-order valence-electron chi connectivity index (χ2n) is 8.95. The maximum atomic E-state index is 12.9. The van der Waals surface area contributed by atoms with E-state index in [-0.39, 0.29) is 18.2 Å². The third kappa shape index (κ3) is 4.86. The van der Waals surface area contributed by atoms with Gasteiger partial charge in [0.05, 0.1) is 18.9 Å². The van der Waals surface area contributed by atoms with Crippen molar-refractivity contribution in [3.8, 4) is 11.3 Å². The minimum atomic E-state index is -0.606. The van der Waals surface area contributed by atoms with Crippen molar-refractivity contribution in [1.82, 2.24) is 25.4 Å². The molecule has 3 aliphatic rings. The molecule has 1 aromatic carbocycles. The summed E-state index contributed by atoms with van der Waals surface area (Å²) in [5.41, 5.74) is 4.42. The Hall–Kier alpha value is -3.14. The first-order chi connectivity index (χ1) is 16.6. The van der Waals surface area contributed by atoms with Crippen molar-refractivity contribution >= 4 is 17.7 Å². The van der Waals surface area contributed by atoms with E-state index in [9.17, 15) is 14.4 Å². The summed E-state index contributed by atoms with van der Waals surface area (Å²) in [5, 5.41) is 5.84. The van der Waals surface area contributed by atoms with E-state index in [2.05, 4.69) is 26.6 Å². The molecule has 0 saturated carbocycles. The third-order valence-corrected chi connectivity index (χ3v) is 6.68. The van der Waals surface area contributed by atoms with Gasteiger partial charge in [-0.25, -0.2) is 0 Å². The van der Waals surface area contributed by atoms with Crippen molar-refractivity contribution in [1.29, 1.82) is 0 Å². The van der Waals surface area contributed by atoms with Crippen LogP contribution in [0.15, 0.2) is 36.5 Å². The molecule has 5 rings (SSSR count). The van der Waals surface area contributed by atoms with E-state index < -0.39 is 11.9 Å². The average molecular weight is 464 g/mol. The minimum absolute atomic E-state index is 0.165. The van der Waals surface area contributed by atoms with Gasteiger partial charge in [0.2, 0.25) is 11.8 Å². The number of nitrogens with zero attached hydrogens (tertiary/aromatic N) is 3. The number of pyridine rings is 1. The molecule has 178 valence electrons. The lowest BCUT2D eigenvalue weighted by atomic mass is 10.0. The van der Waals surface area contributed by atoms with Crippen LogP contribution in [0.25, 0.3) is 11.3 Å². The van der Waals surface area contributed by atoms with Crippen LogP contribution in [-0.4, -0.2) is 77.9 Å². The van der Waals surface area contributed by atoms with Crippen molar-refractivity contribution < 1.29 is 19.1 Å². The van der Waals surface area contributed by atoms with Crippen molar-refractivity contribution in [3.05, 3.63) is 53.2 Å². The molecule has 2 saturated heterocycles. The molecule has 1 unspecified atom stereocenters. The van der Waals surface area contributed by atoms with E-state index in [0.717, 1.165) is 68.3 Å². The van der Waals surface area contributed by atoms with Gasteiger partial charge in [-0.05, 0) is 41.8 Å². The molecule has 1 atom stereocenters. The Bertz CT molecular complexity index is 1100. The summed E-state index contributed by atoms with van der Waals surface area (Å²) in [6.45, 7) is 6.63. The first-order valence-electron chi connectivity index (χ1n) is 11.8. The average Bonchev–Trinajstić information content (AvgIpc) is 3.18. The summed E-state index contributed by atoms with van der Waals surface area (Å²) in [4.78, 5) is 45.1. The van der Waals surface area contributed by atoms with Gasteiger partial charge in [0.1, 0.15) is 6.04 Å². The molecule has 9 heteroatoms. The topological polar surface area (TPSA) is 104 Å². The highest BCUT2D eigenvalue weighted by Gasteiger charge is 2.39. The minimum Gasteiger partial charge on any atom is -0.379 e. The highest BCUT2D eigenvalue weighted by molar-refractivity contribution is 6.05. The van der Waals surface area contributed by atoms with Gasteiger partial charge >= 0.3 is 0 Å². The smallest absolute Gasteiger partial charge is 0.255 e. The molecule has 34 heavy (non-hydrogen) atoms. The predicted octanol–water partition coefficient (Wildman–Crippen LogP) is 0.931. The fraction of sp³-hybridized carbons (Fsp3) is 0.440. The second kappa shape index (κ2) is 10.0. The summed E-state index contributed by atoms with van der Waals surface area (Å²) in [5.74, 6) is -0.843. The Morgan fingerprint density at radius 3 is 2.79 bits per heavy atom. The molecule has 1 aromatic heterocycles. The lowest BCUT2D eigenvalue weighted by Gasteiger charge is -2.29. The molecule has 3 amide bonds. The van der Waals surface area contributed by atoms with Gasteiger partial charge in [-0.15, -0.1) is 0 Å². The summed E-state index contributed by atoms with van der Waals surface area (Å²) in [6, 6.07) is 9.17. The molecule has 4 heterocycles. The SMILES string of the molecule is O=C1CCC(N2Cc3cc(-c4cc(CNCCN5CCOCC5)ccn4)ccc3C2=O)C(=O)N1. The highest BCUT2D eigenvalue weighted by Crippen LogP contribution is 2.30. The normalized spacial score (nSPS) is 21.0. The zero-order valence-electron chi connectivity index (χ0n) is 19.1. The highest BCUT2D eigenvalue weighted by atomic mass is 16.5. The number of hydrogen-bond acceptors (Lipinski definition) is 7. The second-order valence-corrected chi connectivity index (χ2v) is 8.95. The van der Waals surface area contributed by atoms with Crippen molar-refractivity contribution in [3.63, 3.8) is 0 Å². The first-order valence-corrected chi connectivity index (χ1v) is 11.8.